The van der Waals surface area contributed by atoms with Crippen LogP contribution in [0.4, 0.5) is 13.2 Å². The second-order valence-corrected chi connectivity index (χ2v) is 5.08. The van der Waals surface area contributed by atoms with Gasteiger partial charge in [0.15, 0.2) is 0 Å². The Morgan fingerprint density at radius 3 is 2.71 bits per heavy atom. The van der Waals surface area contributed by atoms with Crippen molar-refractivity contribution in [2.75, 3.05) is 7.11 Å². The number of ether oxygens (including phenoxy) is 1. The molecule has 0 fully saturated rings. The maximum atomic E-state index is 12.3. The fourth-order valence-electron chi connectivity index (χ4n) is 1.73. The Balaban J connectivity index is 2.16. The Labute approximate surface area is 126 Å². The number of aromatic nitrogens is 2. The van der Waals surface area contributed by atoms with E-state index in [2.05, 4.69) is 21.0 Å². The van der Waals surface area contributed by atoms with Crippen LogP contribution in [0.25, 0.3) is 0 Å². The summed E-state index contributed by atoms with van der Waals surface area (Å²) in [5.41, 5.74) is 0.326. The van der Waals surface area contributed by atoms with Gasteiger partial charge in [0.25, 0.3) is 5.78 Å². The molecule has 0 N–H and O–H groups in total. The number of Topliss-reactive ketones (excluding diaryl/α,β-unsaturated/α-hetero) is 1. The van der Waals surface area contributed by atoms with Gasteiger partial charge in [0.1, 0.15) is 5.75 Å². The monoisotopic (exact) mass is 362 g/mol. The fraction of sp³-hybridized carbons (Fsp3) is 0.231. The van der Waals surface area contributed by atoms with Crippen LogP contribution in [0.3, 0.4) is 0 Å². The first-order valence-corrected chi connectivity index (χ1v) is 6.57. The maximum absolute atomic E-state index is 12.3. The highest BCUT2D eigenvalue weighted by Crippen LogP contribution is 2.26. The highest BCUT2D eigenvalue weighted by atomic mass is 79.9. The molecule has 0 bridgehead atoms. The average molecular weight is 363 g/mol. The molecule has 0 aliphatic carbocycles. The number of carbonyl (C=O) groups is 1. The minimum Gasteiger partial charge on any atom is -0.496 e. The van der Waals surface area contributed by atoms with Crippen molar-refractivity contribution in [3.63, 3.8) is 0 Å². The van der Waals surface area contributed by atoms with Crippen LogP contribution in [0, 0.1) is 0 Å². The molecule has 1 heterocycles. The van der Waals surface area contributed by atoms with Gasteiger partial charge >= 0.3 is 6.18 Å². The number of benzene rings is 1. The van der Waals surface area contributed by atoms with E-state index in [0.717, 1.165) is 22.4 Å². The highest BCUT2D eigenvalue weighted by Gasteiger charge is 2.39. The molecule has 0 radical (unpaired) electrons. The van der Waals surface area contributed by atoms with E-state index in [1.807, 2.05) is 0 Å². The Morgan fingerprint density at radius 2 is 2.14 bits per heavy atom. The number of ketones is 1. The molecule has 8 heteroatoms. The molecule has 0 unspecified atom stereocenters. The van der Waals surface area contributed by atoms with Gasteiger partial charge in [0, 0.05) is 6.20 Å². The summed E-state index contributed by atoms with van der Waals surface area (Å²) >= 11 is 3.32. The third-order valence-corrected chi connectivity index (χ3v) is 3.33. The van der Waals surface area contributed by atoms with E-state index >= 15 is 0 Å². The molecule has 0 aliphatic rings. The van der Waals surface area contributed by atoms with E-state index in [1.54, 1.807) is 18.2 Å². The van der Waals surface area contributed by atoms with Gasteiger partial charge < -0.3 is 4.74 Å². The number of carbonyl (C=O) groups excluding carboxylic acids is 1. The molecule has 0 amide bonds. The Bertz CT molecular complexity index is 668. The van der Waals surface area contributed by atoms with Crippen molar-refractivity contribution in [3.05, 3.63) is 46.2 Å². The molecule has 0 atom stereocenters. The minimum atomic E-state index is -4.89. The Morgan fingerprint density at radius 1 is 1.43 bits per heavy atom. The van der Waals surface area contributed by atoms with Gasteiger partial charge in [-0.15, -0.1) is 0 Å². The molecule has 2 aromatic rings. The molecular weight excluding hydrogens is 353 g/mol. The quantitative estimate of drug-likeness (QED) is 0.782. The first-order chi connectivity index (χ1) is 9.81. The van der Waals surface area contributed by atoms with Crippen LogP contribution in [0.2, 0.25) is 0 Å². The molecule has 21 heavy (non-hydrogen) atoms. The van der Waals surface area contributed by atoms with E-state index in [9.17, 15) is 18.0 Å². The Hall–Kier alpha value is -1.83. The molecule has 0 saturated carbocycles. The van der Waals surface area contributed by atoms with Gasteiger partial charge in [0.05, 0.1) is 29.9 Å². The third kappa shape index (κ3) is 3.63. The maximum Gasteiger partial charge on any atom is 0.454 e. The first-order valence-electron chi connectivity index (χ1n) is 5.77. The lowest BCUT2D eigenvalue weighted by atomic mass is 10.2. The summed E-state index contributed by atoms with van der Waals surface area (Å²) in [5, 5.41) is 3.77. The molecular formula is C13H10BrF3N2O2. The largest absolute Gasteiger partial charge is 0.496 e. The summed E-state index contributed by atoms with van der Waals surface area (Å²) < 4.78 is 44.0. The van der Waals surface area contributed by atoms with Gasteiger partial charge in [-0.1, -0.05) is 6.07 Å². The topological polar surface area (TPSA) is 44.1 Å². The first kappa shape index (κ1) is 15.6. The van der Waals surface area contributed by atoms with Crippen LogP contribution in [0.5, 0.6) is 5.75 Å². The minimum absolute atomic E-state index is 0.244. The number of methoxy groups -OCH3 is 1. The smallest absolute Gasteiger partial charge is 0.454 e. The number of alkyl halides is 3. The normalized spacial score (nSPS) is 11.5. The Kier molecular flexibility index (Phi) is 4.36. The van der Waals surface area contributed by atoms with Crippen LogP contribution >= 0.6 is 15.9 Å². The number of hydrogen-bond acceptors (Lipinski definition) is 3. The van der Waals surface area contributed by atoms with Crippen molar-refractivity contribution >= 4 is 21.7 Å². The van der Waals surface area contributed by atoms with Crippen LogP contribution in [-0.2, 0) is 6.54 Å². The highest BCUT2D eigenvalue weighted by molar-refractivity contribution is 9.10. The number of halogens is 4. The summed E-state index contributed by atoms with van der Waals surface area (Å²) in [6.45, 7) is 0.244. The van der Waals surface area contributed by atoms with E-state index in [1.165, 1.54) is 11.8 Å². The van der Waals surface area contributed by atoms with E-state index in [-0.39, 0.29) is 6.54 Å². The van der Waals surface area contributed by atoms with Gasteiger partial charge in [-0.3, -0.25) is 9.48 Å². The lowest BCUT2D eigenvalue weighted by molar-refractivity contribution is -0.0885. The molecule has 1 aromatic heterocycles. The molecule has 0 saturated heterocycles. The van der Waals surface area contributed by atoms with Crippen molar-refractivity contribution in [1.82, 2.24) is 9.78 Å². The predicted octanol–water partition coefficient (Wildman–Crippen LogP) is 3.45. The molecule has 0 spiro atoms. The van der Waals surface area contributed by atoms with Crippen LogP contribution in [-0.4, -0.2) is 28.8 Å². The number of hydrogen-bond donors (Lipinski definition) is 0. The van der Waals surface area contributed by atoms with E-state index in [0.29, 0.717) is 5.75 Å². The van der Waals surface area contributed by atoms with Crippen molar-refractivity contribution in [2.45, 2.75) is 12.7 Å². The molecule has 4 nitrogen and oxygen atoms in total. The SMILES string of the molecule is COc1ccc(Cn2cc(C(=O)C(F)(F)F)cn2)cc1Br. The lowest BCUT2D eigenvalue weighted by Crippen LogP contribution is -2.22. The van der Waals surface area contributed by atoms with Gasteiger partial charge in [0.2, 0.25) is 0 Å². The molecule has 0 aliphatic heterocycles. The second-order valence-electron chi connectivity index (χ2n) is 4.22. The average Bonchev–Trinajstić information content (AvgIpc) is 2.85. The molecule has 2 rings (SSSR count). The van der Waals surface area contributed by atoms with Gasteiger partial charge in [-0.2, -0.15) is 18.3 Å². The van der Waals surface area contributed by atoms with Crippen LogP contribution in [0.1, 0.15) is 15.9 Å². The summed E-state index contributed by atoms with van der Waals surface area (Å²) in [6, 6.07) is 5.26. The zero-order chi connectivity index (χ0) is 15.6. The summed E-state index contributed by atoms with van der Waals surface area (Å²) in [6.07, 6.45) is -2.90. The lowest BCUT2D eigenvalue weighted by Gasteiger charge is -2.06. The molecule has 1 aromatic carbocycles. The fourth-order valence-corrected chi connectivity index (χ4v) is 2.31. The zero-order valence-electron chi connectivity index (χ0n) is 10.8. The second kappa shape index (κ2) is 5.88. The van der Waals surface area contributed by atoms with Crippen molar-refractivity contribution in [3.8, 4) is 5.75 Å². The van der Waals surface area contributed by atoms with Crippen LogP contribution < -0.4 is 4.74 Å². The summed E-state index contributed by atoms with van der Waals surface area (Å²) in [4.78, 5) is 11.1. The van der Waals surface area contributed by atoms with Crippen molar-refractivity contribution < 1.29 is 22.7 Å². The van der Waals surface area contributed by atoms with Crippen LogP contribution in [0.15, 0.2) is 35.1 Å². The standard InChI is InChI=1S/C13H10BrF3N2O2/c1-21-11-3-2-8(4-10(11)14)6-19-7-9(5-18-19)12(20)13(15,16)17/h2-5,7H,6H2,1H3. The molecule has 112 valence electrons. The number of nitrogens with zero attached hydrogens (tertiary/aromatic N) is 2. The number of rotatable bonds is 4. The summed E-state index contributed by atoms with van der Waals surface area (Å²) in [5.74, 6) is -1.25. The van der Waals surface area contributed by atoms with Gasteiger partial charge in [-0.05, 0) is 33.6 Å². The predicted molar refractivity (Wildman–Crippen MR) is 72.4 cm³/mol. The van der Waals surface area contributed by atoms with Crippen molar-refractivity contribution in [1.29, 1.82) is 0 Å². The third-order valence-electron chi connectivity index (χ3n) is 2.71. The zero-order valence-corrected chi connectivity index (χ0v) is 12.4. The van der Waals surface area contributed by atoms with Crippen molar-refractivity contribution in [2.24, 2.45) is 0 Å². The van der Waals surface area contributed by atoms with E-state index in [4.69, 9.17) is 4.74 Å². The summed E-state index contributed by atoms with van der Waals surface area (Å²) in [7, 11) is 1.53. The van der Waals surface area contributed by atoms with Gasteiger partial charge in [-0.25, -0.2) is 0 Å². The van der Waals surface area contributed by atoms with E-state index < -0.39 is 17.5 Å².